The smallest absolute Gasteiger partial charge is 0.410 e. The van der Waals surface area contributed by atoms with Crippen LogP contribution in [0.5, 0.6) is 0 Å². The minimum absolute atomic E-state index is 0.0361. The third kappa shape index (κ3) is 3.45. The molecule has 2 aliphatic rings. The van der Waals surface area contributed by atoms with Gasteiger partial charge in [0.05, 0.1) is 22.1 Å². The number of fused-ring (bicyclic) bond motifs is 3. The largest absolute Gasteiger partial charge is 0.444 e. The molecule has 6 nitrogen and oxygen atoms in total. The second-order valence-corrected chi connectivity index (χ2v) is 9.12. The predicted molar refractivity (Wildman–Crippen MR) is 105 cm³/mol. The maximum absolute atomic E-state index is 14.1. The number of hydrogen-bond acceptors (Lipinski definition) is 5. The highest BCUT2D eigenvalue weighted by atomic mass is 79.9. The summed E-state index contributed by atoms with van der Waals surface area (Å²) >= 11 is 9.28. The number of rotatable bonds is 1. The summed E-state index contributed by atoms with van der Waals surface area (Å²) in [6.45, 7) is 6.71. The van der Waals surface area contributed by atoms with E-state index in [0.717, 1.165) is 6.42 Å². The fourth-order valence-corrected chi connectivity index (χ4v) is 4.27. The van der Waals surface area contributed by atoms with Crippen LogP contribution in [0.15, 0.2) is 16.6 Å². The fourth-order valence-electron chi connectivity index (χ4n) is 3.77. The lowest BCUT2D eigenvalue weighted by molar-refractivity contribution is 0.0214. The maximum atomic E-state index is 14.1. The van der Waals surface area contributed by atoms with E-state index in [2.05, 4.69) is 30.8 Å². The Hall–Kier alpha value is -1.67. The highest BCUT2D eigenvalue weighted by Crippen LogP contribution is 2.38. The van der Waals surface area contributed by atoms with Gasteiger partial charge in [-0.15, -0.1) is 0 Å². The molecule has 1 amide bonds. The zero-order chi connectivity index (χ0) is 19.5. The van der Waals surface area contributed by atoms with Gasteiger partial charge in [-0.1, -0.05) is 0 Å². The molecule has 0 radical (unpaired) electrons. The Morgan fingerprint density at radius 2 is 2.04 bits per heavy atom. The van der Waals surface area contributed by atoms with Crippen molar-refractivity contribution in [1.29, 1.82) is 0 Å². The van der Waals surface area contributed by atoms with Crippen molar-refractivity contribution in [3.05, 3.63) is 27.7 Å². The highest BCUT2D eigenvalue weighted by molar-refractivity contribution is 9.10. The van der Waals surface area contributed by atoms with Crippen LogP contribution >= 0.6 is 27.5 Å². The number of likely N-dealkylation sites (tertiary alicyclic amines) is 1. The number of nitrogens with zero attached hydrogens (tertiary/aromatic N) is 4. The van der Waals surface area contributed by atoms with Crippen molar-refractivity contribution >= 4 is 50.3 Å². The van der Waals surface area contributed by atoms with Crippen LogP contribution in [0, 0.1) is 5.82 Å². The van der Waals surface area contributed by atoms with Gasteiger partial charge in [0.25, 0.3) is 0 Å². The Bertz CT molecular complexity index is 936. The van der Waals surface area contributed by atoms with E-state index in [1.54, 1.807) is 11.0 Å². The number of anilines is 1. The van der Waals surface area contributed by atoms with Crippen molar-refractivity contribution in [1.82, 2.24) is 14.9 Å². The van der Waals surface area contributed by atoms with Crippen LogP contribution in [0.25, 0.3) is 10.9 Å². The van der Waals surface area contributed by atoms with Crippen LogP contribution < -0.4 is 4.90 Å². The molecule has 0 N–H and O–H groups in total. The van der Waals surface area contributed by atoms with Crippen molar-refractivity contribution in [2.45, 2.75) is 44.9 Å². The van der Waals surface area contributed by atoms with Crippen LogP contribution in [0.4, 0.5) is 15.0 Å². The summed E-state index contributed by atoms with van der Waals surface area (Å²) in [5.74, 6) is 0.224. The molecule has 4 rings (SSSR count). The van der Waals surface area contributed by atoms with Gasteiger partial charge in [0.1, 0.15) is 17.2 Å². The quantitative estimate of drug-likeness (QED) is 0.595. The number of ether oxygens (including phenoxy) is 1. The number of piperazine rings is 1. The number of carbonyl (C=O) groups excluding carboxylic acids is 1. The molecule has 2 aromatic rings. The molecule has 2 fully saturated rings. The van der Waals surface area contributed by atoms with Crippen LogP contribution in [-0.4, -0.2) is 51.7 Å². The summed E-state index contributed by atoms with van der Waals surface area (Å²) in [6, 6.07) is 3.14. The summed E-state index contributed by atoms with van der Waals surface area (Å²) in [4.78, 5) is 24.9. The van der Waals surface area contributed by atoms with Crippen LogP contribution in [0.2, 0.25) is 5.28 Å². The van der Waals surface area contributed by atoms with Crippen molar-refractivity contribution in [2.75, 3.05) is 18.0 Å². The molecule has 1 aromatic carbocycles. The molecule has 27 heavy (non-hydrogen) atoms. The molecular formula is C18H19BrClFN4O2. The SMILES string of the molecule is CC(C)(C)OC(=O)N1C[C@H]2C[C@@H]1CN2c1nc(Cl)nc2cc(Br)c(F)cc12. The molecule has 2 bridgehead atoms. The molecule has 3 heterocycles. The molecule has 2 saturated heterocycles. The van der Waals surface area contributed by atoms with Crippen LogP contribution in [-0.2, 0) is 4.74 Å². The molecule has 0 saturated carbocycles. The van der Waals surface area contributed by atoms with Gasteiger partial charge in [-0.3, -0.25) is 0 Å². The molecule has 1 aromatic heterocycles. The molecule has 0 spiro atoms. The van der Waals surface area contributed by atoms with E-state index in [4.69, 9.17) is 16.3 Å². The van der Waals surface area contributed by atoms with E-state index in [0.29, 0.717) is 34.3 Å². The lowest BCUT2D eigenvalue weighted by Gasteiger charge is -2.36. The summed E-state index contributed by atoms with van der Waals surface area (Å²) in [7, 11) is 0. The number of hydrogen-bond donors (Lipinski definition) is 0. The van der Waals surface area contributed by atoms with E-state index in [-0.39, 0.29) is 29.3 Å². The molecule has 0 unspecified atom stereocenters. The second kappa shape index (κ2) is 6.44. The van der Waals surface area contributed by atoms with Gasteiger partial charge in [0.15, 0.2) is 0 Å². The average molecular weight is 458 g/mol. The molecule has 9 heteroatoms. The predicted octanol–water partition coefficient (Wildman–Crippen LogP) is 4.38. The van der Waals surface area contributed by atoms with E-state index < -0.39 is 5.60 Å². The summed E-state index contributed by atoms with van der Waals surface area (Å²) in [5.41, 5.74) is 0.0462. The van der Waals surface area contributed by atoms with Crippen LogP contribution in [0.1, 0.15) is 27.2 Å². The minimum Gasteiger partial charge on any atom is -0.444 e. The van der Waals surface area contributed by atoms with Gasteiger partial charge >= 0.3 is 6.09 Å². The van der Waals surface area contributed by atoms with E-state index in [1.165, 1.54) is 6.07 Å². The van der Waals surface area contributed by atoms with Crippen LogP contribution in [0.3, 0.4) is 0 Å². The van der Waals surface area contributed by atoms with E-state index in [9.17, 15) is 9.18 Å². The number of halogens is 3. The number of carbonyl (C=O) groups is 1. The summed E-state index contributed by atoms with van der Waals surface area (Å²) < 4.78 is 19.9. The van der Waals surface area contributed by atoms with Gasteiger partial charge in [-0.2, -0.15) is 4.98 Å². The lowest BCUT2D eigenvalue weighted by Crippen LogP contribution is -2.50. The second-order valence-electron chi connectivity index (χ2n) is 7.93. The first-order chi connectivity index (χ1) is 12.6. The topological polar surface area (TPSA) is 58.6 Å². The van der Waals surface area contributed by atoms with Crippen molar-refractivity contribution < 1.29 is 13.9 Å². The molecule has 0 aliphatic carbocycles. The minimum atomic E-state index is -0.528. The van der Waals surface area contributed by atoms with Crippen molar-refractivity contribution in [2.24, 2.45) is 0 Å². The normalized spacial score (nSPS) is 22.0. The fraction of sp³-hybridized carbons (Fsp3) is 0.500. The molecule has 2 atom stereocenters. The molecular weight excluding hydrogens is 439 g/mol. The Balaban J connectivity index is 1.63. The number of aromatic nitrogens is 2. The highest BCUT2D eigenvalue weighted by Gasteiger charge is 2.47. The third-order valence-corrected chi connectivity index (χ3v) is 5.61. The third-order valence-electron chi connectivity index (χ3n) is 4.83. The standard InChI is InChI=1S/C18H19BrClFN4O2/c1-18(2,3)27-17(26)25-8-9-4-10(25)7-24(9)15-11-5-13(21)12(19)6-14(11)22-16(20)23-15/h5-6,9-10H,4,7-8H2,1-3H3/t9-,10-/m1/s1. The summed E-state index contributed by atoms with van der Waals surface area (Å²) in [5, 5.41) is 0.722. The lowest BCUT2D eigenvalue weighted by atomic mass is 10.2. The Morgan fingerprint density at radius 1 is 1.30 bits per heavy atom. The maximum Gasteiger partial charge on any atom is 0.410 e. The van der Waals surface area contributed by atoms with Gasteiger partial charge in [0, 0.05) is 18.5 Å². The number of amides is 1. The van der Waals surface area contributed by atoms with Gasteiger partial charge < -0.3 is 14.5 Å². The van der Waals surface area contributed by atoms with Gasteiger partial charge in [0.2, 0.25) is 5.28 Å². The Labute approximate surface area is 169 Å². The monoisotopic (exact) mass is 456 g/mol. The zero-order valence-electron chi connectivity index (χ0n) is 15.2. The molecule has 2 aliphatic heterocycles. The Morgan fingerprint density at radius 3 is 2.67 bits per heavy atom. The van der Waals surface area contributed by atoms with Crippen molar-refractivity contribution in [3.8, 4) is 0 Å². The first kappa shape index (κ1) is 18.7. The first-order valence-electron chi connectivity index (χ1n) is 8.71. The zero-order valence-corrected chi connectivity index (χ0v) is 17.5. The van der Waals surface area contributed by atoms with Gasteiger partial charge in [-0.05, 0) is 66.9 Å². The average Bonchev–Trinajstić information content (AvgIpc) is 3.14. The summed E-state index contributed by atoms with van der Waals surface area (Å²) in [6.07, 6.45) is 0.525. The first-order valence-corrected chi connectivity index (χ1v) is 9.88. The van der Waals surface area contributed by atoms with E-state index in [1.807, 2.05) is 20.8 Å². The Kier molecular flexibility index (Phi) is 4.46. The number of benzene rings is 1. The molecule has 144 valence electrons. The van der Waals surface area contributed by atoms with Crippen molar-refractivity contribution in [3.63, 3.8) is 0 Å². The van der Waals surface area contributed by atoms with E-state index >= 15 is 0 Å². The van der Waals surface area contributed by atoms with Gasteiger partial charge in [-0.25, -0.2) is 14.2 Å².